The van der Waals surface area contributed by atoms with Crippen LogP contribution in [-0.2, 0) is 6.18 Å². The SMILES string of the molecule is COc1cc([N+](=O)[O-])nc(OC(F)(F)F)c1C(F)(F)F. The van der Waals surface area contributed by atoms with E-state index in [9.17, 15) is 36.5 Å². The lowest BCUT2D eigenvalue weighted by atomic mass is 10.2. The van der Waals surface area contributed by atoms with E-state index < -0.39 is 40.5 Å². The van der Waals surface area contributed by atoms with Crippen LogP contribution in [0, 0.1) is 10.1 Å². The third-order valence-corrected chi connectivity index (χ3v) is 1.84. The topological polar surface area (TPSA) is 74.5 Å². The lowest BCUT2D eigenvalue weighted by Gasteiger charge is -2.14. The largest absolute Gasteiger partial charge is 0.575 e. The minimum absolute atomic E-state index is 0.242. The van der Waals surface area contributed by atoms with Crippen molar-refractivity contribution in [3.05, 3.63) is 21.7 Å². The number of hydrogen-bond donors (Lipinski definition) is 0. The van der Waals surface area contributed by atoms with E-state index in [1.165, 1.54) is 0 Å². The first-order valence-electron chi connectivity index (χ1n) is 4.52. The number of methoxy groups -OCH3 is 1. The number of nitro groups is 1. The Morgan fingerprint density at radius 3 is 2.15 bits per heavy atom. The Bertz CT molecular complexity index is 527. The van der Waals surface area contributed by atoms with Gasteiger partial charge in [-0.25, -0.2) is 0 Å². The Labute approximate surface area is 106 Å². The van der Waals surface area contributed by atoms with E-state index in [1.807, 2.05) is 0 Å². The Balaban J connectivity index is 3.57. The highest BCUT2D eigenvalue weighted by atomic mass is 19.4. The van der Waals surface area contributed by atoms with Gasteiger partial charge in [-0.2, -0.15) is 13.2 Å². The predicted octanol–water partition coefficient (Wildman–Crippen LogP) is 2.92. The van der Waals surface area contributed by atoms with Crippen LogP contribution in [0.15, 0.2) is 6.07 Å². The maximum absolute atomic E-state index is 12.7. The van der Waals surface area contributed by atoms with Gasteiger partial charge in [0.25, 0.3) is 0 Å². The summed E-state index contributed by atoms with van der Waals surface area (Å²) in [6.45, 7) is 0. The summed E-state index contributed by atoms with van der Waals surface area (Å²) in [5.41, 5.74) is -2.00. The average molecular weight is 306 g/mol. The summed E-state index contributed by atoms with van der Waals surface area (Å²) in [6.07, 6.45) is -10.8. The molecule has 0 saturated heterocycles. The van der Waals surface area contributed by atoms with Crippen molar-refractivity contribution < 1.29 is 40.7 Å². The highest BCUT2D eigenvalue weighted by Gasteiger charge is 2.46. The van der Waals surface area contributed by atoms with Crippen LogP contribution in [0.4, 0.5) is 32.2 Å². The quantitative estimate of drug-likeness (QED) is 0.487. The fraction of sp³-hybridized carbons (Fsp3) is 0.375. The predicted molar refractivity (Wildman–Crippen MR) is 49.1 cm³/mol. The van der Waals surface area contributed by atoms with E-state index in [2.05, 4.69) is 14.5 Å². The number of ether oxygens (including phenoxy) is 2. The van der Waals surface area contributed by atoms with Crippen LogP contribution < -0.4 is 9.47 Å². The summed E-state index contributed by atoms with van der Waals surface area (Å²) < 4.78 is 81.4. The first kappa shape index (κ1) is 15.8. The minimum atomic E-state index is -5.51. The molecule has 1 heterocycles. The summed E-state index contributed by atoms with van der Waals surface area (Å²) in [5.74, 6) is -4.50. The van der Waals surface area contributed by atoms with Crippen molar-refractivity contribution in [3.63, 3.8) is 0 Å². The molecule has 12 heteroatoms. The molecule has 0 spiro atoms. The van der Waals surface area contributed by atoms with Gasteiger partial charge in [0.1, 0.15) is 5.75 Å². The van der Waals surface area contributed by atoms with Crippen LogP contribution in [0.1, 0.15) is 5.56 Å². The summed E-state index contributed by atoms with van der Waals surface area (Å²) in [7, 11) is 0.700. The van der Waals surface area contributed by atoms with Gasteiger partial charge < -0.3 is 19.6 Å². The molecule has 0 atom stereocenters. The van der Waals surface area contributed by atoms with Crippen molar-refractivity contribution in [2.24, 2.45) is 0 Å². The molecule has 0 aliphatic rings. The van der Waals surface area contributed by atoms with Gasteiger partial charge in [0.05, 0.1) is 13.2 Å². The summed E-state index contributed by atoms with van der Waals surface area (Å²) >= 11 is 0. The molecule has 0 bridgehead atoms. The van der Waals surface area contributed by atoms with Crippen LogP contribution in [0.3, 0.4) is 0 Å². The normalized spacial score (nSPS) is 12.2. The van der Waals surface area contributed by atoms with E-state index >= 15 is 0 Å². The molecule has 0 radical (unpaired) electrons. The van der Waals surface area contributed by atoms with E-state index in [4.69, 9.17) is 0 Å². The number of aromatic nitrogens is 1. The van der Waals surface area contributed by atoms with Gasteiger partial charge in [0.15, 0.2) is 5.56 Å². The third-order valence-electron chi connectivity index (χ3n) is 1.84. The van der Waals surface area contributed by atoms with Gasteiger partial charge in [0, 0.05) is 4.98 Å². The first-order chi connectivity index (χ1) is 8.95. The molecular formula is C8H4F6N2O4. The lowest BCUT2D eigenvalue weighted by Crippen LogP contribution is -2.22. The molecule has 6 nitrogen and oxygen atoms in total. The third kappa shape index (κ3) is 3.61. The molecular weight excluding hydrogens is 302 g/mol. The smallest absolute Gasteiger partial charge is 0.495 e. The van der Waals surface area contributed by atoms with Crippen molar-refractivity contribution >= 4 is 5.82 Å². The molecule has 0 aliphatic heterocycles. The van der Waals surface area contributed by atoms with Gasteiger partial charge in [0.2, 0.25) is 0 Å². The Morgan fingerprint density at radius 2 is 1.80 bits per heavy atom. The number of nitrogens with zero attached hydrogens (tertiary/aromatic N) is 2. The second-order valence-corrected chi connectivity index (χ2v) is 3.17. The fourth-order valence-electron chi connectivity index (χ4n) is 1.19. The average Bonchev–Trinajstić information content (AvgIpc) is 2.23. The van der Waals surface area contributed by atoms with E-state index in [-0.39, 0.29) is 6.07 Å². The molecule has 1 aromatic rings. The highest BCUT2D eigenvalue weighted by molar-refractivity contribution is 5.48. The zero-order valence-corrected chi connectivity index (χ0v) is 9.37. The molecule has 112 valence electrons. The molecule has 1 rings (SSSR count). The van der Waals surface area contributed by atoms with E-state index in [0.717, 1.165) is 0 Å². The molecule has 0 amide bonds. The van der Waals surface area contributed by atoms with Crippen LogP contribution in [0.25, 0.3) is 0 Å². The van der Waals surface area contributed by atoms with Crippen LogP contribution in [0.5, 0.6) is 11.6 Å². The van der Waals surface area contributed by atoms with Crippen molar-refractivity contribution in [1.29, 1.82) is 0 Å². The van der Waals surface area contributed by atoms with Crippen molar-refractivity contribution in [2.45, 2.75) is 12.5 Å². The van der Waals surface area contributed by atoms with Gasteiger partial charge in [-0.3, -0.25) is 0 Å². The summed E-state index contributed by atoms with van der Waals surface area (Å²) in [5, 5.41) is 10.4. The van der Waals surface area contributed by atoms with Crippen LogP contribution >= 0.6 is 0 Å². The van der Waals surface area contributed by atoms with Gasteiger partial charge in [-0.15, -0.1) is 13.2 Å². The van der Waals surface area contributed by atoms with E-state index in [0.29, 0.717) is 7.11 Å². The molecule has 1 aromatic heterocycles. The summed E-state index contributed by atoms with van der Waals surface area (Å²) in [6, 6.07) is 0.242. The first-order valence-corrected chi connectivity index (χ1v) is 4.52. The lowest BCUT2D eigenvalue weighted by molar-refractivity contribution is -0.390. The zero-order valence-electron chi connectivity index (χ0n) is 9.37. The molecule has 0 fully saturated rings. The monoisotopic (exact) mass is 306 g/mol. The molecule has 0 unspecified atom stereocenters. The number of alkyl halides is 6. The number of rotatable bonds is 3. The highest BCUT2D eigenvalue weighted by Crippen LogP contribution is 2.44. The molecule has 20 heavy (non-hydrogen) atoms. The van der Waals surface area contributed by atoms with Crippen molar-refractivity contribution in [3.8, 4) is 11.6 Å². The van der Waals surface area contributed by atoms with Crippen molar-refractivity contribution in [2.75, 3.05) is 7.11 Å². The maximum atomic E-state index is 12.7. The molecule has 0 N–H and O–H groups in total. The fourth-order valence-corrected chi connectivity index (χ4v) is 1.19. The molecule has 0 aromatic carbocycles. The number of halogens is 6. The van der Waals surface area contributed by atoms with Gasteiger partial charge in [-0.1, -0.05) is 0 Å². The van der Waals surface area contributed by atoms with Crippen LogP contribution in [0.2, 0.25) is 0 Å². The van der Waals surface area contributed by atoms with Crippen LogP contribution in [-0.4, -0.2) is 23.4 Å². The second-order valence-electron chi connectivity index (χ2n) is 3.17. The minimum Gasteiger partial charge on any atom is -0.495 e. The number of hydrogen-bond acceptors (Lipinski definition) is 5. The molecule has 0 aliphatic carbocycles. The van der Waals surface area contributed by atoms with E-state index in [1.54, 1.807) is 0 Å². The summed E-state index contributed by atoms with van der Waals surface area (Å²) in [4.78, 5) is 11.7. The Morgan fingerprint density at radius 1 is 1.25 bits per heavy atom. The maximum Gasteiger partial charge on any atom is 0.575 e. The standard InChI is InChI=1S/C8H4F6N2O4/c1-19-3-2-4(16(17)18)15-6(20-8(12,13)14)5(3)7(9,10)11/h2H,1H3. The Kier molecular flexibility index (Phi) is 3.96. The van der Waals surface area contributed by atoms with Crippen molar-refractivity contribution in [1.82, 2.24) is 4.98 Å². The van der Waals surface area contributed by atoms with Gasteiger partial charge >= 0.3 is 24.2 Å². The Hall–Kier alpha value is -2.27. The zero-order chi connectivity index (χ0) is 15.7. The number of pyridine rings is 1. The van der Waals surface area contributed by atoms with Gasteiger partial charge in [-0.05, 0) is 4.92 Å². The second kappa shape index (κ2) is 5.02. The molecule has 0 saturated carbocycles.